The molecule has 3 aromatic rings. The third-order valence-electron chi connectivity index (χ3n) is 4.48. The Labute approximate surface area is 157 Å². The summed E-state index contributed by atoms with van der Waals surface area (Å²) in [5.41, 5.74) is 2.20. The summed E-state index contributed by atoms with van der Waals surface area (Å²) >= 11 is 0. The van der Waals surface area contributed by atoms with E-state index in [4.69, 9.17) is 0 Å². The molecular formula is C17H20Cl2FN5. The van der Waals surface area contributed by atoms with Gasteiger partial charge in [-0.15, -0.1) is 24.8 Å². The lowest BCUT2D eigenvalue weighted by Gasteiger charge is -2.11. The predicted octanol–water partition coefficient (Wildman–Crippen LogP) is 4.54. The van der Waals surface area contributed by atoms with Crippen molar-refractivity contribution < 1.29 is 4.39 Å². The smallest absolute Gasteiger partial charge is 0.165 e. The zero-order valence-electron chi connectivity index (χ0n) is 13.6. The number of aromatic nitrogens is 4. The van der Waals surface area contributed by atoms with Crippen molar-refractivity contribution in [3.63, 3.8) is 0 Å². The highest BCUT2D eigenvalue weighted by Gasteiger charge is 2.20. The van der Waals surface area contributed by atoms with E-state index in [9.17, 15) is 4.39 Å². The van der Waals surface area contributed by atoms with Crippen LogP contribution >= 0.6 is 24.8 Å². The van der Waals surface area contributed by atoms with Crippen LogP contribution in [-0.4, -0.2) is 19.5 Å². The van der Waals surface area contributed by atoms with Crippen molar-refractivity contribution in [1.29, 1.82) is 0 Å². The van der Waals surface area contributed by atoms with Gasteiger partial charge >= 0.3 is 0 Å². The SMILES string of the molecule is Cl.Cl.Fc1ccccc1CNc1ncnc2c1ncn2C1CCCC1. The lowest BCUT2D eigenvalue weighted by molar-refractivity contribution is 0.529. The minimum atomic E-state index is -0.221. The zero-order chi connectivity index (χ0) is 15.6. The maximum absolute atomic E-state index is 13.7. The van der Waals surface area contributed by atoms with Crippen molar-refractivity contribution in [2.45, 2.75) is 38.3 Å². The molecule has 0 unspecified atom stereocenters. The van der Waals surface area contributed by atoms with Crippen molar-refractivity contribution in [3.8, 4) is 0 Å². The van der Waals surface area contributed by atoms with Gasteiger partial charge in [-0.05, 0) is 18.9 Å². The van der Waals surface area contributed by atoms with Crippen LogP contribution in [0.5, 0.6) is 0 Å². The monoisotopic (exact) mass is 383 g/mol. The minimum Gasteiger partial charge on any atom is -0.364 e. The largest absolute Gasteiger partial charge is 0.364 e. The van der Waals surface area contributed by atoms with Crippen LogP contribution in [0.2, 0.25) is 0 Å². The topological polar surface area (TPSA) is 55.6 Å². The summed E-state index contributed by atoms with van der Waals surface area (Å²) in [6.07, 6.45) is 8.26. The van der Waals surface area contributed by atoms with Gasteiger partial charge in [0.15, 0.2) is 11.5 Å². The second kappa shape index (κ2) is 8.45. The van der Waals surface area contributed by atoms with Gasteiger partial charge in [-0.25, -0.2) is 19.3 Å². The van der Waals surface area contributed by atoms with Gasteiger partial charge in [0.1, 0.15) is 17.7 Å². The van der Waals surface area contributed by atoms with E-state index in [1.54, 1.807) is 18.5 Å². The summed E-state index contributed by atoms with van der Waals surface area (Å²) in [4.78, 5) is 13.1. The number of imidazole rings is 1. The Morgan fingerprint density at radius 1 is 1.08 bits per heavy atom. The number of nitrogens with zero attached hydrogens (tertiary/aromatic N) is 4. The normalized spacial score (nSPS) is 14.1. The van der Waals surface area contributed by atoms with E-state index in [-0.39, 0.29) is 30.6 Å². The second-order valence-corrected chi connectivity index (χ2v) is 5.93. The van der Waals surface area contributed by atoms with Gasteiger partial charge in [0.2, 0.25) is 0 Å². The number of nitrogens with one attached hydrogen (secondary N) is 1. The Kier molecular flexibility index (Phi) is 6.56. The molecule has 2 aromatic heterocycles. The van der Waals surface area contributed by atoms with Crippen LogP contribution in [0.25, 0.3) is 11.2 Å². The molecule has 8 heteroatoms. The number of benzene rings is 1. The Balaban J connectivity index is 0.00000113. The molecule has 0 spiro atoms. The molecule has 0 saturated heterocycles. The van der Waals surface area contributed by atoms with Crippen LogP contribution in [-0.2, 0) is 6.54 Å². The first-order chi connectivity index (χ1) is 11.3. The van der Waals surface area contributed by atoms with Crippen molar-refractivity contribution in [3.05, 3.63) is 48.3 Å². The number of fused-ring (bicyclic) bond motifs is 1. The van der Waals surface area contributed by atoms with Crippen molar-refractivity contribution in [2.75, 3.05) is 5.32 Å². The summed E-state index contributed by atoms with van der Waals surface area (Å²) in [5.74, 6) is 0.428. The number of hydrogen-bond donors (Lipinski definition) is 1. The summed E-state index contributed by atoms with van der Waals surface area (Å²) in [6.45, 7) is 0.370. The molecule has 134 valence electrons. The van der Waals surface area contributed by atoms with Gasteiger partial charge in [-0.2, -0.15) is 0 Å². The maximum atomic E-state index is 13.7. The molecule has 0 atom stereocenters. The van der Waals surface area contributed by atoms with Gasteiger partial charge < -0.3 is 9.88 Å². The van der Waals surface area contributed by atoms with Gasteiger partial charge in [-0.1, -0.05) is 31.0 Å². The molecule has 0 bridgehead atoms. The molecular weight excluding hydrogens is 364 g/mol. The third kappa shape index (κ3) is 3.85. The molecule has 0 aliphatic heterocycles. The number of hydrogen-bond acceptors (Lipinski definition) is 4. The lowest BCUT2D eigenvalue weighted by atomic mass is 10.2. The van der Waals surface area contributed by atoms with Gasteiger partial charge in [-0.3, -0.25) is 0 Å². The minimum absolute atomic E-state index is 0. The average Bonchev–Trinajstić information content (AvgIpc) is 3.23. The second-order valence-electron chi connectivity index (χ2n) is 5.93. The number of anilines is 1. The van der Waals surface area contributed by atoms with Crippen LogP contribution in [0.1, 0.15) is 37.3 Å². The van der Waals surface area contributed by atoms with E-state index in [1.807, 2.05) is 12.4 Å². The fourth-order valence-corrected chi connectivity index (χ4v) is 3.25. The molecule has 5 nitrogen and oxygen atoms in total. The Bertz CT molecular complexity index is 833. The Morgan fingerprint density at radius 3 is 2.60 bits per heavy atom. The van der Waals surface area contributed by atoms with Crippen molar-refractivity contribution in [1.82, 2.24) is 19.5 Å². The van der Waals surface area contributed by atoms with Crippen LogP contribution < -0.4 is 5.32 Å². The predicted molar refractivity (Wildman–Crippen MR) is 101 cm³/mol. The molecule has 4 rings (SSSR count). The highest BCUT2D eigenvalue weighted by molar-refractivity contribution is 5.85. The zero-order valence-corrected chi connectivity index (χ0v) is 15.2. The molecule has 25 heavy (non-hydrogen) atoms. The summed E-state index contributed by atoms with van der Waals surface area (Å²) in [5, 5.41) is 3.18. The van der Waals surface area contributed by atoms with E-state index in [0.717, 1.165) is 11.2 Å². The van der Waals surface area contributed by atoms with E-state index in [1.165, 1.54) is 31.7 Å². The molecule has 1 fully saturated rings. The fraction of sp³-hybridized carbons (Fsp3) is 0.353. The van der Waals surface area contributed by atoms with Crippen LogP contribution in [0.3, 0.4) is 0 Å². The van der Waals surface area contributed by atoms with Crippen molar-refractivity contribution in [2.24, 2.45) is 0 Å². The molecule has 1 N–H and O–H groups in total. The van der Waals surface area contributed by atoms with Crippen molar-refractivity contribution >= 4 is 41.8 Å². The number of rotatable bonds is 4. The fourth-order valence-electron chi connectivity index (χ4n) is 3.25. The number of halogens is 3. The summed E-state index contributed by atoms with van der Waals surface area (Å²) < 4.78 is 15.9. The standard InChI is InChI=1S/C17H18FN5.2ClH/c18-14-8-4-1-5-12(14)9-19-16-15-17(21-10-20-16)23(11-22-15)13-6-2-3-7-13;;/h1,4-5,8,10-11,13H,2-3,6-7,9H2,(H,19,20,21);2*1H. The highest BCUT2D eigenvalue weighted by Crippen LogP contribution is 2.32. The van der Waals surface area contributed by atoms with Crippen LogP contribution in [0, 0.1) is 5.82 Å². The van der Waals surface area contributed by atoms with Gasteiger partial charge in [0.05, 0.1) is 6.33 Å². The lowest BCUT2D eigenvalue weighted by Crippen LogP contribution is -2.06. The third-order valence-corrected chi connectivity index (χ3v) is 4.48. The van der Waals surface area contributed by atoms with E-state index >= 15 is 0 Å². The molecule has 1 aliphatic carbocycles. The van der Waals surface area contributed by atoms with E-state index in [2.05, 4.69) is 24.8 Å². The Morgan fingerprint density at radius 2 is 1.84 bits per heavy atom. The first-order valence-corrected chi connectivity index (χ1v) is 7.98. The first kappa shape index (κ1) is 19.4. The van der Waals surface area contributed by atoms with Gasteiger partial charge in [0.25, 0.3) is 0 Å². The van der Waals surface area contributed by atoms with E-state index < -0.39 is 0 Å². The summed E-state index contributed by atoms with van der Waals surface area (Å²) in [7, 11) is 0. The maximum Gasteiger partial charge on any atom is 0.165 e. The quantitative estimate of drug-likeness (QED) is 0.718. The molecule has 1 aliphatic rings. The summed E-state index contributed by atoms with van der Waals surface area (Å²) in [6, 6.07) is 7.21. The molecule has 2 heterocycles. The van der Waals surface area contributed by atoms with Crippen LogP contribution in [0.15, 0.2) is 36.9 Å². The molecule has 1 aromatic carbocycles. The van der Waals surface area contributed by atoms with E-state index in [0.29, 0.717) is 24.0 Å². The first-order valence-electron chi connectivity index (χ1n) is 7.98. The average molecular weight is 384 g/mol. The molecule has 0 radical (unpaired) electrons. The van der Waals surface area contributed by atoms with Crippen LogP contribution in [0.4, 0.5) is 10.2 Å². The molecule has 0 amide bonds. The van der Waals surface area contributed by atoms with Gasteiger partial charge in [0, 0.05) is 18.2 Å². The highest BCUT2D eigenvalue weighted by atomic mass is 35.5. The Hall–Kier alpha value is -1.92. The molecule has 1 saturated carbocycles.